The van der Waals surface area contributed by atoms with Gasteiger partial charge >= 0.3 is 6.03 Å². The van der Waals surface area contributed by atoms with E-state index in [1.165, 1.54) is 0 Å². The monoisotopic (exact) mass is 501 g/mol. The number of carbonyl (C=O) groups excluding carboxylic acids is 1. The van der Waals surface area contributed by atoms with Crippen LogP contribution in [0, 0.1) is 0 Å². The molecule has 11 heteroatoms. The number of anilines is 4. The van der Waals surface area contributed by atoms with Crippen molar-refractivity contribution in [2.75, 3.05) is 66.7 Å². The number of hydrogen-bond acceptors (Lipinski definition) is 9. The molecule has 37 heavy (non-hydrogen) atoms. The number of nitrogens with zero attached hydrogens (tertiary/aromatic N) is 7. The lowest BCUT2D eigenvalue weighted by Crippen LogP contribution is -2.46. The number of urea groups is 1. The first-order chi connectivity index (χ1) is 18.1. The van der Waals surface area contributed by atoms with Crippen molar-refractivity contribution in [2.24, 2.45) is 0 Å². The van der Waals surface area contributed by atoms with Crippen molar-refractivity contribution in [2.45, 2.75) is 25.0 Å². The third-order valence-corrected chi connectivity index (χ3v) is 7.06. The minimum atomic E-state index is -0.319. The van der Waals surface area contributed by atoms with E-state index in [9.17, 15) is 4.79 Å². The molecule has 3 saturated heterocycles. The van der Waals surface area contributed by atoms with Gasteiger partial charge in [0.2, 0.25) is 11.9 Å². The van der Waals surface area contributed by atoms with E-state index in [1.807, 2.05) is 24.3 Å². The molecule has 2 atom stereocenters. The molecule has 3 aliphatic rings. The zero-order valence-corrected chi connectivity index (χ0v) is 20.9. The molecular weight excluding hydrogens is 470 g/mol. The predicted molar refractivity (Wildman–Crippen MR) is 142 cm³/mol. The molecule has 11 nitrogen and oxygen atoms in total. The van der Waals surface area contributed by atoms with Crippen molar-refractivity contribution in [1.29, 1.82) is 0 Å². The van der Waals surface area contributed by atoms with Gasteiger partial charge in [-0.3, -0.25) is 4.98 Å². The second-order valence-electron chi connectivity index (χ2n) is 9.80. The molecular formula is C26H31N9O2. The summed E-state index contributed by atoms with van der Waals surface area (Å²) in [5, 5.41) is 5.65. The van der Waals surface area contributed by atoms with Gasteiger partial charge in [0.1, 0.15) is 0 Å². The van der Waals surface area contributed by atoms with Gasteiger partial charge in [-0.2, -0.15) is 15.0 Å². The fourth-order valence-corrected chi connectivity index (χ4v) is 4.98. The van der Waals surface area contributed by atoms with Crippen LogP contribution in [0.1, 0.15) is 12.8 Å². The zero-order valence-electron chi connectivity index (χ0n) is 20.9. The smallest absolute Gasteiger partial charge is 0.323 e. The topological polar surface area (TPSA) is 112 Å². The van der Waals surface area contributed by atoms with Gasteiger partial charge in [-0.25, -0.2) is 4.79 Å². The van der Waals surface area contributed by atoms with Gasteiger partial charge in [-0.1, -0.05) is 0 Å². The highest BCUT2D eigenvalue weighted by Gasteiger charge is 2.35. The molecule has 2 bridgehead atoms. The van der Waals surface area contributed by atoms with Crippen LogP contribution < -0.4 is 20.4 Å². The molecule has 6 rings (SSSR count). The molecule has 3 aliphatic heterocycles. The Kier molecular flexibility index (Phi) is 6.54. The first kappa shape index (κ1) is 23.6. The number of nitrogens with one attached hydrogen (secondary N) is 2. The summed E-state index contributed by atoms with van der Waals surface area (Å²) in [6, 6.07) is 10.7. The van der Waals surface area contributed by atoms with Crippen LogP contribution >= 0.6 is 0 Å². The predicted octanol–water partition coefficient (Wildman–Crippen LogP) is 2.70. The number of fused-ring (bicyclic) bond motifs is 2. The molecule has 3 fully saturated rings. The van der Waals surface area contributed by atoms with Gasteiger partial charge in [0, 0.05) is 68.6 Å². The Bertz CT molecular complexity index is 1220. The van der Waals surface area contributed by atoms with Gasteiger partial charge in [-0.15, -0.1) is 0 Å². The molecule has 0 radical (unpaired) electrons. The summed E-state index contributed by atoms with van der Waals surface area (Å²) in [4.78, 5) is 37.8. The number of pyridine rings is 1. The van der Waals surface area contributed by atoms with E-state index in [1.54, 1.807) is 24.5 Å². The fourth-order valence-electron chi connectivity index (χ4n) is 4.98. The van der Waals surface area contributed by atoms with Crippen molar-refractivity contribution in [3.8, 4) is 11.4 Å². The molecule has 192 valence electrons. The number of hydrogen-bond donors (Lipinski definition) is 2. The molecule has 0 aliphatic carbocycles. The molecule has 3 aromatic rings. The van der Waals surface area contributed by atoms with Crippen LogP contribution in [0.5, 0.6) is 0 Å². The van der Waals surface area contributed by atoms with Crippen molar-refractivity contribution in [3.63, 3.8) is 0 Å². The highest BCUT2D eigenvalue weighted by molar-refractivity contribution is 5.99. The molecule has 0 spiro atoms. The molecule has 1 aromatic carbocycles. The highest BCUT2D eigenvalue weighted by Crippen LogP contribution is 2.30. The lowest BCUT2D eigenvalue weighted by Gasteiger charge is -2.34. The fraction of sp³-hybridized carbons (Fsp3) is 0.423. The molecule has 0 saturated carbocycles. The Labute approximate surface area is 215 Å². The van der Waals surface area contributed by atoms with E-state index in [4.69, 9.17) is 19.7 Å². The lowest BCUT2D eigenvalue weighted by molar-refractivity contribution is 0.0299. The standard InChI is InChI=1S/C26H31N9O2/c1-33-12-14-34(15-13-33)24-30-23(31-25(32-24)35-16-21-6-7-22(17-35)37-21)18-2-4-19(5-3-18)28-26(36)29-20-8-10-27-11-9-20/h2-5,8-11,21-22H,6-7,12-17H2,1H3,(H2,27,28,29,36). The van der Waals surface area contributed by atoms with E-state index in [0.717, 1.165) is 57.7 Å². The third kappa shape index (κ3) is 5.47. The van der Waals surface area contributed by atoms with E-state index in [-0.39, 0.29) is 18.2 Å². The lowest BCUT2D eigenvalue weighted by atomic mass is 10.2. The Hall–Kier alpha value is -3.83. The summed E-state index contributed by atoms with van der Waals surface area (Å²) < 4.78 is 6.03. The van der Waals surface area contributed by atoms with Crippen LogP contribution in [0.3, 0.4) is 0 Å². The molecule has 2 unspecified atom stereocenters. The van der Waals surface area contributed by atoms with Crippen molar-refractivity contribution in [1.82, 2.24) is 24.8 Å². The number of carbonyl (C=O) groups is 1. The van der Waals surface area contributed by atoms with E-state index in [0.29, 0.717) is 29.1 Å². The average Bonchev–Trinajstić information content (AvgIpc) is 3.26. The Morgan fingerprint density at radius 3 is 2.05 bits per heavy atom. The third-order valence-electron chi connectivity index (χ3n) is 7.06. The van der Waals surface area contributed by atoms with Gasteiger partial charge in [0.05, 0.1) is 12.2 Å². The highest BCUT2D eigenvalue weighted by atomic mass is 16.5. The van der Waals surface area contributed by atoms with Crippen LogP contribution in [-0.2, 0) is 4.74 Å². The number of morpholine rings is 1. The molecule has 2 amide bonds. The van der Waals surface area contributed by atoms with Crippen molar-refractivity contribution >= 4 is 29.3 Å². The van der Waals surface area contributed by atoms with E-state index in [2.05, 4.69) is 37.4 Å². The van der Waals surface area contributed by atoms with E-state index < -0.39 is 0 Å². The maximum atomic E-state index is 12.4. The number of benzene rings is 1. The van der Waals surface area contributed by atoms with Gasteiger partial charge in [0.15, 0.2) is 5.82 Å². The summed E-state index contributed by atoms with van der Waals surface area (Å²) in [5.41, 5.74) is 2.22. The number of likely N-dealkylation sites (N-methyl/N-ethyl adjacent to an activating group) is 1. The molecule has 2 N–H and O–H groups in total. The summed E-state index contributed by atoms with van der Waals surface area (Å²) in [7, 11) is 2.14. The van der Waals surface area contributed by atoms with E-state index >= 15 is 0 Å². The van der Waals surface area contributed by atoms with Crippen LogP contribution in [0.15, 0.2) is 48.8 Å². The maximum Gasteiger partial charge on any atom is 0.323 e. The van der Waals surface area contributed by atoms with Crippen LogP contribution in [-0.4, -0.2) is 89.4 Å². The first-order valence-electron chi connectivity index (χ1n) is 12.8. The second-order valence-corrected chi connectivity index (χ2v) is 9.80. The average molecular weight is 502 g/mol. The molecule has 5 heterocycles. The molecule has 2 aromatic heterocycles. The van der Waals surface area contributed by atoms with Crippen molar-refractivity contribution in [3.05, 3.63) is 48.8 Å². The summed E-state index contributed by atoms with van der Waals surface area (Å²) >= 11 is 0. The minimum Gasteiger partial charge on any atom is -0.371 e. The van der Waals surface area contributed by atoms with Crippen LogP contribution in [0.4, 0.5) is 28.1 Å². The summed E-state index contributed by atoms with van der Waals surface area (Å²) in [6.07, 6.45) is 5.93. The van der Waals surface area contributed by atoms with Crippen LogP contribution in [0.2, 0.25) is 0 Å². The number of ether oxygens (including phenoxy) is 1. The minimum absolute atomic E-state index is 0.245. The van der Waals surface area contributed by atoms with Gasteiger partial charge in [0.25, 0.3) is 0 Å². The Morgan fingerprint density at radius 1 is 0.811 bits per heavy atom. The zero-order chi connectivity index (χ0) is 25.2. The van der Waals surface area contributed by atoms with Crippen LogP contribution in [0.25, 0.3) is 11.4 Å². The largest absolute Gasteiger partial charge is 0.371 e. The quantitative estimate of drug-likeness (QED) is 0.545. The number of rotatable bonds is 5. The van der Waals surface area contributed by atoms with Gasteiger partial charge < -0.3 is 30.1 Å². The second kappa shape index (κ2) is 10.3. The SMILES string of the molecule is CN1CCN(c2nc(-c3ccc(NC(=O)Nc4ccncc4)cc3)nc(N3CC4CCC(C3)O4)n2)CC1. The summed E-state index contributed by atoms with van der Waals surface area (Å²) in [5.74, 6) is 2.05. The Balaban J connectivity index is 1.23. The number of aromatic nitrogens is 4. The summed E-state index contributed by atoms with van der Waals surface area (Å²) in [6.45, 7) is 5.31. The number of amides is 2. The normalized spacial score (nSPS) is 21.6. The Morgan fingerprint density at radius 2 is 1.41 bits per heavy atom. The number of piperazine rings is 1. The van der Waals surface area contributed by atoms with Crippen molar-refractivity contribution < 1.29 is 9.53 Å². The van der Waals surface area contributed by atoms with Gasteiger partial charge in [-0.05, 0) is 56.3 Å². The first-order valence-corrected chi connectivity index (χ1v) is 12.8. The maximum absolute atomic E-state index is 12.4.